The van der Waals surface area contributed by atoms with E-state index >= 15 is 0 Å². The van der Waals surface area contributed by atoms with Crippen molar-refractivity contribution in [1.82, 2.24) is 0 Å². The Hall–Kier alpha value is 0.590. The van der Waals surface area contributed by atoms with E-state index in [1.165, 1.54) is 23.5 Å². The largest absolute Gasteiger partial charge is 0.349 e. The Morgan fingerprint density at radius 3 is 2.00 bits per heavy atom. The molecule has 0 saturated carbocycles. The lowest BCUT2D eigenvalue weighted by atomic mass is 11.3. The molecule has 0 amide bonds. The van der Waals surface area contributed by atoms with Crippen LogP contribution < -0.4 is 0 Å². The molecule has 0 radical (unpaired) electrons. The van der Waals surface area contributed by atoms with E-state index in [0.717, 1.165) is 0 Å². The summed E-state index contributed by atoms with van der Waals surface area (Å²) in [5.41, 5.74) is 0. The molecule has 6 heteroatoms. The van der Waals surface area contributed by atoms with Gasteiger partial charge in [-0.3, -0.25) is 4.57 Å². The molecule has 1 rings (SSSR count). The molecule has 0 unspecified atom stereocenters. The fraction of sp³-hybridized carbons (Fsp3) is 0.333. The van der Waals surface area contributed by atoms with Crippen molar-refractivity contribution in [2.24, 2.45) is 0 Å². The van der Waals surface area contributed by atoms with Gasteiger partial charge in [-0.05, 0) is 10.8 Å². The highest BCUT2D eigenvalue weighted by atomic mass is 32.2. The molecule has 0 aromatic heterocycles. The second-order valence-electron chi connectivity index (χ2n) is 1.44. The third-order valence-corrected chi connectivity index (χ3v) is 5.54. The Kier molecular flexibility index (Phi) is 2.29. The van der Waals surface area contributed by atoms with E-state index in [2.05, 4.69) is 0 Å². The second kappa shape index (κ2) is 2.68. The van der Waals surface area contributed by atoms with Gasteiger partial charge in [0.05, 0.1) is 0 Å². The molecule has 0 aromatic carbocycles. The van der Waals surface area contributed by atoms with Crippen molar-refractivity contribution < 1.29 is 14.4 Å². The maximum atomic E-state index is 10.4. The SMILES string of the molecule is O=P(O)(O)C1SC=CS1. The highest BCUT2D eigenvalue weighted by molar-refractivity contribution is 8.28. The summed E-state index contributed by atoms with van der Waals surface area (Å²) in [4.78, 5) is 17.1. The van der Waals surface area contributed by atoms with Gasteiger partial charge in [-0.1, -0.05) is 0 Å². The number of hydrogen-bond acceptors (Lipinski definition) is 3. The van der Waals surface area contributed by atoms with Gasteiger partial charge in [0.1, 0.15) is 0 Å². The number of rotatable bonds is 1. The summed E-state index contributed by atoms with van der Waals surface area (Å²) >= 11 is 2.34. The number of hydrogen-bond donors (Lipinski definition) is 2. The molecular weight excluding hydrogens is 179 g/mol. The summed E-state index contributed by atoms with van der Waals surface area (Å²) in [6, 6.07) is 0. The lowest BCUT2D eigenvalue weighted by molar-refractivity contribution is 0.377. The molecule has 3 nitrogen and oxygen atoms in total. The summed E-state index contributed by atoms with van der Waals surface area (Å²) < 4.78 is 9.85. The van der Waals surface area contributed by atoms with E-state index < -0.39 is 11.9 Å². The zero-order valence-corrected chi connectivity index (χ0v) is 6.83. The second-order valence-corrected chi connectivity index (χ2v) is 6.16. The van der Waals surface area contributed by atoms with Gasteiger partial charge in [0.25, 0.3) is 0 Å². The molecule has 1 aliphatic heterocycles. The standard InChI is InChI=1S/C3H5O3PS2/c4-7(5,6)3-8-1-2-9-3/h1-3H,(H2,4,5,6). The quantitative estimate of drug-likeness (QED) is 0.603. The lowest BCUT2D eigenvalue weighted by Gasteiger charge is -2.07. The third-order valence-electron chi connectivity index (χ3n) is 0.720. The summed E-state index contributed by atoms with van der Waals surface area (Å²) in [5, 5.41) is 3.38. The van der Waals surface area contributed by atoms with Crippen molar-refractivity contribution in [1.29, 1.82) is 0 Å². The van der Waals surface area contributed by atoms with Crippen LogP contribution in [-0.2, 0) is 4.57 Å². The van der Waals surface area contributed by atoms with Gasteiger partial charge in [-0.2, -0.15) is 0 Å². The first-order valence-corrected chi connectivity index (χ1v) is 5.68. The maximum Gasteiger partial charge on any atom is 0.349 e. The molecule has 0 spiro atoms. The summed E-state index contributed by atoms with van der Waals surface area (Å²) in [6.07, 6.45) is 0. The molecule has 2 N–H and O–H groups in total. The van der Waals surface area contributed by atoms with Gasteiger partial charge < -0.3 is 9.79 Å². The predicted molar refractivity (Wildman–Crippen MR) is 40.2 cm³/mol. The van der Waals surface area contributed by atoms with Crippen molar-refractivity contribution in [2.45, 2.75) is 4.32 Å². The Bertz CT molecular complexity index is 166. The average Bonchev–Trinajstić information content (AvgIpc) is 2.08. The molecule has 9 heavy (non-hydrogen) atoms. The zero-order chi connectivity index (χ0) is 6.91. The fourth-order valence-corrected chi connectivity index (χ4v) is 3.50. The van der Waals surface area contributed by atoms with Crippen molar-refractivity contribution >= 4 is 31.1 Å². The Morgan fingerprint density at radius 1 is 1.33 bits per heavy atom. The Labute approximate surface area is 61.1 Å². The number of thioether (sulfide) groups is 2. The summed E-state index contributed by atoms with van der Waals surface area (Å²) in [7, 11) is -3.85. The van der Waals surface area contributed by atoms with Crippen LogP contribution in [0.15, 0.2) is 10.8 Å². The minimum absolute atomic E-state index is 0.600. The monoisotopic (exact) mass is 184 g/mol. The van der Waals surface area contributed by atoms with E-state index in [-0.39, 0.29) is 0 Å². The normalized spacial score (nSPS) is 21.1. The molecule has 0 atom stereocenters. The molecule has 52 valence electrons. The van der Waals surface area contributed by atoms with E-state index in [1.54, 1.807) is 10.8 Å². The van der Waals surface area contributed by atoms with Crippen molar-refractivity contribution in [2.75, 3.05) is 0 Å². The van der Waals surface area contributed by atoms with Gasteiger partial charge in [0, 0.05) is 0 Å². The van der Waals surface area contributed by atoms with Crippen LogP contribution in [0.25, 0.3) is 0 Å². The van der Waals surface area contributed by atoms with Gasteiger partial charge in [0.15, 0.2) is 4.32 Å². The van der Waals surface area contributed by atoms with Crippen molar-refractivity contribution in [3.05, 3.63) is 10.8 Å². The predicted octanol–water partition coefficient (Wildman–Crippen LogP) is 1.40. The van der Waals surface area contributed by atoms with Crippen LogP contribution in [0.1, 0.15) is 0 Å². The van der Waals surface area contributed by atoms with Crippen LogP contribution in [0.2, 0.25) is 0 Å². The van der Waals surface area contributed by atoms with E-state index in [0.29, 0.717) is 0 Å². The first-order valence-electron chi connectivity index (χ1n) is 2.12. The smallest absolute Gasteiger partial charge is 0.323 e. The molecule has 1 aliphatic rings. The van der Waals surface area contributed by atoms with Crippen LogP contribution >= 0.6 is 31.1 Å². The minimum atomic E-state index is -3.85. The molecule has 0 saturated heterocycles. The van der Waals surface area contributed by atoms with Crippen LogP contribution in [0.4, 0.5) is 0 Å². The highest BCUT2D eigenvalue weighted by Crippen LogP contribution is 2.56. The molecule has 1 heterocycles. The average molecular weight is 184 g/mol. The van der Waals surface area contributed by atoms with E-state index in [1.807, 2.05) is 0 Å². The maximum absolute atomic E-state index is 10.4. The fourth-order valence-electron chi connectivity index (χ4n) is 0.389. The molecule has 0 aromatic rings. The van der Waals surface area contributed by atoms with Gasteiger partial charge in [-0.25, -0.2) is 0 Å². The molecule has 0 aliphatic carbocycles. The van der Waals surface area contributed by atoms with Gasteiger partial charge >= 0.3 is 7.60 Å². The van der Waals surface area contributed by atoms with Crippen molar-refractivity contribution in [3.63, 3.8) is 0 Å². The summed E-state index contributed by atoms with van der Waals surface area (Å²) in [6.45, 7) is 0. The van der Waals surface area contributed by atoms with Crippen LogP contribution in [0, 0.1) is 0 Å². The molecule has 0 bridgehead atoms. The van der Waals surface area contributed by atoms with Crippen molar-refractivity contribution in [3.8, 4) is 0 Å². The van der Waals surface area contributed by atoms with E-state index in [4.69, 9.17) is 9.79 Å². The molecule has 0 fully saturated rings. The van der Waals surface area contributed by atoms with E-state index in [9.17, 15) is 4.57 Å². The molecular formula is C3H5O3PS2. The Balaban J connectivity index is 2.56. The first-order chi connectivity index (χ1) is 4.11. The summed E-state index contributed by atoms with van der Waals surface area (Å²) in [5.74, 6) is 0. The Morgan fingerprint density at radius 2 is 1.78 bits per heavy atom. The lowest BCUT2D eigenvalue weighted by Crippen LogP contribution is -1.91. The zero-order valence-electron chi connectivity index (χ0n) is 4.30. The third kappa shape index (κ3) is 2.02. The topological polar surface area (TPSA) is 57.5 Å². The first kappa shape index (κ1) is 7.69. The van der Waals surface area contributed by atoms with Crippen LogP contribution in [0.3, 0.4) is 0 Å². The van der Waals surface area contributed by atoms with Crippen LogP contribution in [-0.4, -0.2) is 14.1 Å². The van der Waals surface area contributed by atoms with Crippen LogP contribution in [0.5, 0.6) is 0 Å². The van der Waals surface area contributed by atoms with Gasteiger partial charge in [0.2, 0.25) is 0 Å². The highest BCUT2D eigenvalue weighted by Gasteiger charge is 2.30. The minimum Gasteiger partial charge on any atom is -0.323 e. The van der Waals surface area contributed by atoms with Gasteiger partial charge in [-0.15, -0.1) is 23.5 Å².